The molecule has 0 fully saturated rings. The van der Waals surface area contributed by atoms with Crippen LogP contribution in [0.5, 0.6) is 23.0 Å². The average Bonchev–Trinajstić information content (AvgIpc) is 2.66. The van der Waals surface area contributed by atoms with E-state index in [4.69, 9.17) is 25.8 Å². The number of aromatic hydroxyl groups is 1. The highest BCUT2D eigenvalue weighted by atomic mass is 35.5. The number of nitrogens with zero attached hydrogens (tertiary/aromatic N) is 1. The maximum absolute atomic E-state index is 10.3. The molecule has 0 aromatic heterocycles. The van der Waals surface area contributed by atoms with Crippen molar-refractivity contribution >= 4 is 11.6 Å². The third-order valence-electron chi connectivity index (χ3n) is 5.50. The molecule has 0 saturated heterocycles. The Morgan fingerprint density at radius 3 is 2.50 bits per heavy atom. The van der Waals surface area contributed by atoms with Crippen LogP contribution in [0, 0.1) is 0 Å². The van der Waals surface area contributed by atoms with Crippen molar-refractivity contribution in [3.05, 3.63) is 45.5 Å². The number of rotatable bonds is 3. The first kappa shape index (κ1) is 17.3. The van der Waals surface area contributed by atoms with Gasteiger partial charge < -0.3 is 19.3 Å². The maximum Gasteiger partial charge on any atom is 0.165 e. The van der Waals surface area contributed by atoms with E-state index in [-0.39, 0.29) is 11.8 Å². The van der Waals surface area contributed by atoms with E-state index in [9.17, 15) is 5.11 Å². The Bertz CT molecular complexity index is 868. The van der Waals surface area contributed by atoms with Crippen molar-refractivity contribution in [1.82, 2.24) is 4.90 Å². The zero-order valence-corrected chi connectivity index (χ0v) is 15.9. The van der Waals surface area contributed by atoms with E-state index in [1.165, 1.54) is 5.56 Å². The third-order valence-corrected chi connectivity index (χ3v) is 5.84. The Morgan fingerprint density at radius 1 is 1.04 bits per heavy atom. The molecule has 2 aromatic carbocycles. The molecule has 0 bridgehead atoms. The molecule has 0 amide bonds. The van der Waals surface area contributed by atoms with Crippen molar-refractivity contribution in [2.24, 2.45) is 0 Å². The minimum atomic E-state index is 0.178. The highest BCUT2D eigenvalue weighted by Gasteiger charge is 2.36. The minimum Gasteiger partial charge on any atom is -0.504 e. The van der Waals surface area contributed by atoms with Gasteiger partial charge in [-0.25, -0.2) is 0 Å². The van der Waals surface area contributed by atoms with Crippen molar-refractivity contribution in [2.45, 2.75) is 25.4 Å². The van der Waals surface area contributed by atoms with Crippen LogP contribution in [0.25, 0.3) is 0 Å². The van der Waals surface area contributed by atoms with E-state index < -0.39 is 0 Å². The van der Waals surface area contributed by atoms with Gasteiger partial charge in [0.05, 0.1) is 21.3 Å². The van der Waals surface area contributed by atoms with Gasteiger partial charge in [-0.15, -0.1) is 0 Å². The van der Waals surface area contributed by atoms with Gasteiger partial charge in [-0.05, 0) is 41.7 Å². The lowest BCUT2D eigenvalue weighted by atomic mass is 9.83. The summed E-state index contributed by atoms with van der Waals surface area (Å²) in [6.45, 7) is 1.68. The molecule has 26 heavy (non-hydrogen) atoms. The molecular weight excluding hydrogens is 354 g/mol. The van der Waals surface area contributed by atoms with Crippen LogP contribution in [-0.2, 0) is 19.4 Å². The highest BCUT2D eigenvalue weighted by molar-refractivity contribution is 6.31. The van der Waals surface area contributed by atoms with Crippen LogP contribution in [0.4, 0.5) is 0 Å². The van der Waals surface area contributed by atoms with Crippen LogP contribution in [0.2, 0.25) is 5.02 Å². The first-order chi connectivity index (χ1) is 12.6. The molecule has 5 nitrogen and oxygen atoms in total. The van der Waals surface area contributed by atoms with Crippen molar-refractivity contribution in [3.63, 3.8) is 0 Å². The van der Waals surface area contributed by atoms with E-state index in [1.807, 2.05) is 18.2 Å². The van der Waals surface area contributed by atoms with Gasteiger partial charge in [-0.1, -0.05) is 11.6 Å². The molecule has 0 unspecified atom stereocenters. The fourth-order valence-corrected chi connectivity index (χ4v) is 4.51. The molecule has 138 valence electrons. The smallest absolute Gasteiger partial charge is 0.165 e. The monoisotopic (exact) mass is 375 g/mol. The molecule has 2 heterocycles. The minimum absolute atomic E-state index is 0.178. The number of benzene rings is 2. The van der Waals surface area contributed by atoms with Crippen LogP contribution in [0.15, 0.2) is 18.2 Å². The molecule has 2 aromatic rings. The summed E-state index contributed by atoms with van der Waals surface area (Å²) in [6, 6.07) is 5.79. The van der Waals surface area contributed by atoms with Gasteiger partial charge in [0, 0.05) is 35.8 Å². The zero-order chi connectivity index (χ0) is 18.4. The van der Waals surface area contributed by atoms with E-state index in [0.717, 1.165) is 48.4 Å². The van der Waals surface area contributed by atoms with E-state index in [1.54, 1.807) is 21.3 Å². The number of halogens is 1. The van der Waals surface area contributed by atoms with Gasteiger partial charge in [0.2, 0.25) is 0 Å². The van der Waals surface area contributed by atoms with Crippen LogP contribution < -0.4 is 14.2 Å². The fourth-order valence-electron chi connectivity index (χ4n) is 4.22. The number of fused-ring (bicyclic) bond motifs is 4. The molecule has 0 saturated carbocycles. The number of methoxy groups -OCH3 is 3. The number of phenols is 1. The molecule has 0 aliphatic carbocycles. The quantitative estimate of drug-likeness (QED) is 0.885. The zero-order valence-electron chi connectivity index (χ0n) is 15.1. The summed E-state index contributed by atoms with van der Waals surface area (Å²) < 4.78 is 16.3. The van der Waals surface area contributed by atoms with Crippen molar-refractivity contribution in [1.29, 1.82) is 0 Å². The first-order valence-electron chi connectivity index (χ1n) is 8.63. The molecule has 1 atom stereocenters. The van der Waals surface area contributed by atoms with Crippen LogP contribution in [-0.4, -0.2) is 37.9 Å². The van der Waals surface area contributed by atoms with Gasteiger partial charge in [0.1, 0.15) is 0 Å². The predicted molar refractivity (Wildman–Crippen MR) is 99.8 cm³/mol. The van der Waals surface area contributed by atoms with Gasteiger partial charge in [-0.2, -0.15) is 0 Å². The summed E-state index contributed by atoms with van der Waals surface area (Å²) in [4.78, 5) is 2.41. The Labute approximate surface area is 158 Å². The Hall–Kier alpha value is -2.11. The molecule has 0 radical (unpaired) electrons. The van der Waals surface area contributed by atoms with E-state index in [0.29, 0.717) is 16.5 Å². The number of ether oxygens (including phenoxy) is 3. The lowest BCUT2D eigenvalue weighted by Gasteiger charge is -2.42. The second-order valence-corrected chi connectivity index (χ2v) is 7.12. The van der Waals surface area contributed by atoms with Crippen molar-refractivity contribution < 1.29 is 19.3 Å². The number of hydrogen-bond donors (Lipinski definition) is 1. The Morgan fingerprint density at radius 2 is 1.81 bits per heavy atom. The first-order valence-corrected chi connectivity index (χ1v) is 9.01. The fraction of sp³-hybridized carbons (Fsp3) is 0.400. The number of hydrogen-bond acceptors (Lipinski definition) is 5. The third kappa shape index (κ3) is 2.58. The molecule has 4 rings (SSSR count). The lowest BCUT2D eigenvalue weighted by Crippen LogP contribution is -2.39. The summed E-state index contributed by atoms with van der Waals surface area (Å²) in [6.07, 6.45) is 1.69. The molecular formula is C20H22ClNO4. The maximum atomic E-state index is 10.3. The largest absolute Gasteiger partial charge is 0.504 e. The SMILES string of the molecule is COc1cc2c(cc1O)[C@H]1Cc3c(Cl)cc(OC)c(OC)c3CN1CC2. The van der Waals surface area contributed by atoms with Gasteiger partial charge in [0.25, 0.3) is 0 Å². The Kier molecular flexibility index (Phi) is 4.37. The summed E-state index contributed by atoms with van der Waals surface area (Å²) in [5, 5.41) is 10.9. The summed E-state index contributed by atoms with van der Waals surface area (Å²) >= 11 is 6.57. The average molecular weight is 376 g/mol. The van der Waals surface area contributed by atoms with Crippen LogP contribution >= 0.6 is 11.6 Å². The van der Waals surface area contributed by atoms with Crippen molar-refractivity contribution in [3.8, 4) is 23.0 Å². The second-order valence-electron chi connectivity index (χ2n) is 6.71. The highest BCUT2D eigenvalue weighted by Crippen LogP contribution is 2.47. The van der Waals surface area contributed by atoms with Crippen LogP contribution in [0.3, 0.4) is 0 Å². The topological polar surface area (TPSA) is 51.2 Å². The normalized spacial score (nSPS) is 18.5. The van der Waals surface area contributed by atoms with E-state index in [2.05, 4.69) is 4.90 Å². The summed E-state index contributed by atoms with van der Waals surface area (Å²) in [5.41, 5.74) is 4.55. The van der Waals surface area contributed by atoms with Gasteiger partial charge in [0.15, 0.2) is 23.0 Å². The number of phenolic OH excluding ortho intramolecular Hbond substituents is 1. The summed E-state index contributed by atoms with van der Waals surface area (Å²) in [5.74, 6) is 2.12. The molecule has 2 aliphatic rings. The summed E-state index contributed by atoms with van der Waals surface area (Å²) in [7, 11) is 4.86. The van der Waals surface area contributed by atoms with Gasteiger partial charge >= 0.3 is 0 Å². The predicted octanol–water partition coefficient (Wildman–Crippen LogP) is 3.73. The van der Waals surface area contributed by atoms with Crippen LogP contribution in [0.1, 0.15) is 28.3 Å². The van der Waals surface area contributed by atoms with Crippen molar-refractivity contribution in [2.75, 3.05) is 27.9 Å². The Balaban J connectivity index is 1.80. The molecule has 6 heteroatoms. The van der Waals surface area contributed by atoms with E-state index >= 15 is 0 Å². The molecule has 1 N–H and O–H groups in total. The van der Waals surface area contributed by atoms with Gasteiger partial charge in [-0.3, -0.25) is 4.90 Å². The standard InChI is InChI=1S/C20H22ClNO4/c1-24-18-6-11-4-5-22-10-14-13(7-16(22)12(11)8-17(18)23)15(21)9-19(25-2)20(14)26-3/h6,8-9,16,23H,4-5,7,10H2,1-3H3/t16-/m1/s1. The molecule has 2 aliphatic heterocycles. The lowest BCUT2D eigenvalue weighted by molar-refractivity contribution is 0.157. The molecule has 0 spiro atoms. The second kappa shape index (κ2) is 6.56.